The van der Waals surface area contributed by atoms with Gasteiger partial charge in [0.05, 0.1) is 0 Å². The molecule has 0 saturated carbocycles. The smallest absolute Gasteiger partial charge is 0.260 e. The molecule has 0 aliphatic carbocycles. The van der Waals surface area contributed by atoms with Crippen LogP contribution in [0, 0.1) is 0 Å². The van der Waals surface area contributed by atoms with E-state index in [9.17, 15) is 8.42 Å². The number of fused-ring (bicyclic) bond motifs is 1. The molecule has 8 nitrogen and oxygen atoms in total. The molecule has 2 aromatic rings. The van der Waals surface area contributed by atoms with Crippen molar-refractivity contribution >= 4 is 32.1 Å². The van der Waals surface area contributed by atoms with Crippen molar-refractivity contribution in [1.29, 1.82) is 0 Å². The summed E-state index contributed by atoms with van der Waals surface area (Å²) in [6.07, 6.45) is 2.92. The van der Waals surface area contributed by atoms with Crippen LogP contribution in [0.1, 0.15) is 19.8 Å². The van der Waals surface area contributed by atoms with Gasteiger partial charge in [-0.2, -0.15) is 4.98 Å². The monoisotopic (exact) mass is 331 g/mol. The van der Waals surface area contributed by atoms with Crippen LogP contribution in [0.4, 0.5) is 5.82 Å². The molecule has 10 heteroatoms. The van der Waals surface area contributed by atoms with Gasteiger partial charge in [-0.1, -0.05) is 0 Å². The Morgan fingerprint density at radius 2 is 2.19 bits per heavy atom. The number of rotatable bonds is 4. The topological polar surface area (TPSA) is 111 Å². The summed E-state index contributed by atoms with van der Waals surface area (Å²) in [5.74, 6) is 5.55. The number of hydrogen-bond donors (Lipinski definition) is 3. The summed E-state index contributed by atoms with van der Waals surface area (Å²) in [4.78, 5) is 4.74. The van der Waals surface area contributed by atoms with Gasteiger partial charge < -0.3 is 10.2 Å². The Labute approximate surface area is 126 Å². The zero-order chi connectivity index (χ0) is 15.1. The number of nitrogens with one attached hydrogen (secondary N) is 2. The maximum absolute atomic E-state index is 12.8. The molecule has 3 heterocycles. The number of imidazole rings is 1. The Balaban J connectivity index is 2.01. The zero-order valence-electron chi connectivity index (χ0n) is 11.5. The highest BCUT2D eigenvalue weighted by atomic mass is 32.2. The van der Waals surface area contributed by atoms with Crippen LogP contribution < -0.4 is 16.0 Å². The number of thiazole rings is 1. The van der Waals surface area contributed by atoms with E-state index in [4.69, 9.17) is 10.6 Å². The number of anilines is 1. The molecule has 0 unspecified atom stereocenters. The highest BCUT2D eigenvalue weighted by Crippen LogP contribution is 2.28. The van der Waals surface area contributed by atoms with E-state index in [0.29, 0.717) is 31.0 Å². The van der Waals surface area contributed by atoms with Gasteiger partial charge in [-0.15, -0.1) is 11.3 Å². The van der Waals surface area contributed by atoms with Crippen molar-refractivity contribution in [2.75, 3.05) is 18.6 Å². The van der Waals surface area contributed by atoms with E-state index in [2.05, 4.69) is 15.1 Å². The summed E-state index contributed by atoms with van der Waals surface area (Å²) in [5.41, 5.74) is 1.83. The fourth-order valence-electron chi connectivity index (χ4n) is 2.41. The Bertz CT molecular complexity index is 745. The molecule has 1 saturated heterocycles. The van der Waals surface area contributed by atoms with Crippen LogP contribution >= 0.6 is 11.3 Å². The normalized spacial score (nSPS) is 19.0. The molecule has 2 aromatic heterocycles. The first-order valence-corrected chi connectivity index (χ1v) is 8.85. The summed E-state index contributed by atoms with van der Waals surface area (Å²) in [5, 5.41) is 1.81. The maximum Gasteiger partial charge on any atom is 0.260 e. The van der Waals surface area contributed by atoms with Crippen LogP contribution in [0.5, 0.6) is 0 Å². The quantitative estimate of drug-likeness (QED) is 0.557. The van der Waals surface area contributed by atoms with Crippen molar-refractivity contribution in [3.63, 3.8) is 0 Å². The molecule has 1 fully saturated rings. The number of nitrogens with zero attached hydrogens (tertiary/aromatic N) is 2. The average Bonchev–Trinajstić information content (AvgIpc) is 2.97. The fraction of sp³-hybridized carbons (Fsp3) is 0.545. The molecule has 1 aliphatic rings. The van der Waals surface area contributed by atoms with Crippen molar-refractivity contribution in [2.24, 2.45) is 5.84 Å². The van der Waals surface area contributed by atoms with E-state index in [1.54, 1.807) is 11.6 Å². The maximum atomic E-state index is 12.8. The molecule has 0 amide bonds. The van der Waals surface area contributed by atoms with E-state index in [0.717, 1.165) is 0 Å². The minimum absolute atomic E-state index is 0.0361. The first-order chi connectivity index (χ1) is 9.95. The number of aromatic nitrogens is 2. The first-order valence-electron chi connectivity index (χ1n) is 6.49. The van der Waals surface area contributed by atoms with Crippen molar-refractivity contribution in [3.8, 4) is 0 Å². The summed E-state index contributed by atoms with van der Waals surface area (Å²) < 4.78 is 35.1. The fourth-order valence-corrected chi connectivity index (χ4v) is 4.90. The summed E-state index contributed by atoms with van der Waals surface area (Å²) in [6.45, 7) is 2.97. The van der Waals surface area contributed by atoms with E-state index < -0.39 is 15.6 Å². The third-order valence-electron chi connectivity index (χ3n) is 3.59. The van der Waals surface area contributed by atoms with Crippen LogP contribution in [0.15, 0.2) is 16.6 Å². The molecule has 0 spiro atoms. The van der Waals surface area contributed by atoms with Gasteiger partial charge in [-0.3, -0.25) is 4.40 Å². The van der Waals surface area contributed by atoms with Crippen LogP contribution in [-0.2, 0) is 14.8 Å². The second-order valence-corrected chi connectivity index (χ2v) is 7.71. The number of nitrogen functional groups attached to an aromatic ring is 1. The van der Waals surface area contributed by atoms with Crippen molar-refractivity contribution < 1.29 is 13.2 Å². The van der Waals surface area contributed by atoms with Gasteiger partial charge in [-0.05, 0) is 19.8 Å². The Morgan fingerprint density at radius 3 is 2.86 bits per heavy atom. The van der Waals surface area contributed by atoms with E-state index in [-0.39, 0.29) is 10.8 Å². The second kappa shape index (κ2) is 5.21. The molecule has 0 aromatic carbocycles. The lowest BCUT2D eigenvalue weighted by molar-refractivity contribution is 0.0537. The molecule has 21 heavy (non-hydrogen) atoms. The Hall–Kier alpha value is -1.20. The van der Waals surface area contributed by atoms with E-state index in [1.807, 2.05) is 6.92 Å². The largest absolute Gasteiger partial charge is 0.381 e. The molecule has 0 atom stereocenters. The molecule has 3 rings (SSSR count). The minimum Gasteiger partial charge on any atom is -0.381 e. The number of sulfonamides is 1. The average molecular weight is 331 g/mol. The predicted octanol–water partition coefficient (Wildman–Crippen LogP) is 0.529. The number of ether oxygens (including phenoxy) is 1. The van der Waals surface area contributed by atoms with Gasteiger partial charge in [0.25, 0.3) is 10.0 Å². The van der Waals surface area contributed by atoms with Crippen LogP contribution in [0.3, 0.4) is 0 Å². The minimum atomic E-state index is -3.76. The number of hydrazine groups is 1. The highest BCUT2D eigenvalue weighted by Gasteiger charge is 2.35. The lowest BCUT2D eigenvalue weighted by Gasteiger charge is -2.33. The molecular weight excluding hydrogens is 314 g/mol. The number of nitrogens with two attached hydrogens (primary N) is 1. The van der Waals surface area contributed by atoms with Gasteiger partial charge in [-0.25, -0.2) is 19.0 Å². The van der Waals surface area contributed by atoms with Gasteiger partial charge in [0, 0.05) is 30.3 Å². The Kier molecular flexibility index (Phi) is 3.66. The standard InChI is InChI=1S/C11H17N5O3S2/c1-11(2-5-19-6-3-11)15-21(17,18)9-8(14-12)13-10-16(9)4-7-20-10/h4,7,14-15H,2-3,5-6,12H2,1H3. The van der Waals surface area contributed by atoms with Crippen LogP contribution in [-0.4, -0.2) is 36.6 Å². The summed E-state index contributed by atoms with van der Waals surface area (Å²) in [6, 6.07) is 0. The summed E-state index contributed by atoms with van der Waals surface area (Å²) >= 11 is 1.34. The second-order valence-electron chi connectivity index (χ2n) is 5.24. The molecule has 1 aliphatic heterocycles. The van der Waals surface area contributed by atoms with Gasteiger partial charge >= 0.3 is 0 Å². The van der Waals surface area contributed by atoms with E-state index in [1.165, 1.54) is 15.7 Å². The van der Waals surface area contributed by atoms with Gasteiger partial charge in [0.15, 0.2) is 10.8 Å². The third-order valence-corrected chi connectivity index (χ3v) is 6.00. The van der Waals surface area contributed by atoms with Crippen molar-refractivity contribution in [1.82, 2.24) is 14.1 Å². The molecule has 116 valence electrons. The summed E-state index contributed by atoms with van der Waals surface area (Å²) in [7, 11) is -3.76. The van der Waals surface area contributed by atoms with Crippen LogP contribution in [0.25, 0.3) is 4.96 Å². The molecule has 4 N–H and O–H groups in total. The van der Waals surface area contributed by atoms with Gasteiger partial charge in [0.1, 0.15) is 0 Å². The molecule has 0 radical (unpaired) electrons. The van der Waals surface area contributed by atoms with E-state index >= 15 is 0 Å². The Morgan fingerprint density at radius 1 is 1.48 bits per heavy atom. The number of hydrogen-bond acceptors (Lipinski definition) is 7. The van der Waals surface area contributed by atoms with Crippen molar-refractivity contribution in [2.45, 2.75) is 30.3 Å². The lowest BCUT2D eigenvalue weighted by Crippen LogP contribution is -2.49. The highest BCUT2D eigenvalue weighted by molar-refractivity contribution is 7.89. The van der Waals surface area contributed by atoms with Crippen molar-refractivity contribution in [3.05, 3.63) is 11.6 Å². The molecular formula is C11H17N5O3S2. The molecule has 0 bridgehead atoms. The SMILES string of the molecule is CC1(NS(=O)(=O)c2c(NN)nc3sccn23)CCOCC1. The van der Waals surface area contributed by atoms with Gasteiger partial charge in [0.2, 0.25) is 5.03 Å². The van der Waals surface area contributed by atoms with Crippen LogP contribution in [0.2, 0.25) is 0 Å². The first kappa shape index (κ1) is 14.7. The lowest BCUT2D eigenvalue weighted by atomic mass is 9.94. The zero-order valence-corrected chi connectivity index (χ0v) is 13.1. The third kappa shape index (κ3) is 2.64. The predicted molar refractivity (Wildman–Crippen MR) is 79.7 cm³/mol.